The summed E-state index contributed by atoms with van der Waals surface area (Å²) < 4.78 is 9.71. The fourth-order valence-corrected chi connectivity index (χ4v) is 18.2. The van der Waals surface area contributed by atoms with Crippen LogP contribution < -0.4 is 0 Å². The Bertz CT molecular complexity index is 7620. The maximum absolute atomic E-state index is 5.23. The quantitative estimate of drug-likeness (QED) is 0.122. The van der Waals surface area contributed by atoms with E-state index in [1.165, 1.54) is 92.9 Å². The number of hydrogen-bond donors (Lipinski definition) is 0. The third kappa shape index (κ3) is 11.8. The average Bonchev–Trinajstić information content (AvgIpc) is 1.55. The number of aromatic nitrogens is 9. The van der Waals surface area contributed by atoms with Gasteiger partial charge in [-0.1, -0.05) is 340 Å². The number of nitrogens with zero attached hydrogens (tertiary/aromatic N) is 9. The molecule has 6 aromatic heterocycles. The highest BCUT2D eigenvalue weighted by Gasteiger charge is 2.25. The topological polar surface area (TPSA) is 84.2 Å². The zero-order valence-corrected chi connectivity index (χ0v) is 65.0. The zero-order valence-electron chi connectivity index (χ0n) is 65.0. The molecule has 0 spiro atoms. The van der Waals surface area contributed by atoms with Crippen molar-refractivity contribution in [2.75, 3.05) is 0 Å². The number of hydrogen-bond acceptors (Lipinski definition) is 5. The van der Waals surface area contributed by atoms with E-state index in [-0.39, 0.29) is 0 Å². The van der Waals surface area contributed by atoms with Gasteiger partial charge in [-0.3, -0.25) is 0 Å². The third-order valence-electron chi connectivity index (χ3n) is 23.7. The lowest BCUT2D eigenvalue weighted by Crippen LogP contribution is -2.01. The molecule has 9 nitrogen and oxygen atoms in total. The van der Waals surface area contributed by atoms with Crippen LogP contribution in [0.25, 0.3) is 222 Å². The van der Waals surface area contributed by atoms with Crippen LogP contribution in [0.15, 0.2) is 431 Å². The summed E-state index contributed by atoms with van der Waals surface area (Å²) >= 11 is 0. The molecule has 24 aromatic rings. The van der Waals surface area contributed by atoms with Gasteiger partial charge in [-0.15, -0.1) is 0 Å². The molecule has 9 heteroatoms. The number of fused-ring (bicyclic) bond motifs is 16. The van der Waals surface area contributed by atoms with E-state index in [1.54, 1.807) is 0 Å². The van der Waals surface area contributed by atoms with Gasteiger partial charge in [0.25, 0.3) is 0 Å². The predicted octanol–water partition coefficient (Wildman–Crippen LogP) is 28.4. The standard InChI is InChI=1S/C56H36N4.C55H35N5/c1-4-15-37(16-5-1)38-27-29-39(30-28-38)49-36-50(58-56(57-49)40-17-6-2-7-18-40)45-24-14-19-41-35-43(31-32-44(41)45)59-52-26-13-11-23-48(52)54-53(59)34-33-47-46-22-10-12-25-51(46)60(55(47)54)42-20-8-3-9-21-42;1-4-15-36(16-5-1)37-27-29-39(30-28-37)54-56-53(38-17-6-2-7-18-38)57-55(58-54)46-24-14-19-40-35-42(31-32-43(40)46)59-49-26-13-11-23-47(49)51-50(59)34-33-45-44-22-10-12-25-48(44)60(52(45)51)41-20-8-3-9-21-41/h1-36H;1-35H. The molecule has 0 amide bonds. The Balaban J connectivity index is 0.000000140. The monoisotopic (exact) mass is 1530 g/mol. The van der Waals surface area contributed by atoms with Crippen molar-refractivity contribution >= 4 is 109 Å². The maximum Gasteiger partial charge on any atom is 0.164 e. The molecule has 0 saturated heterocycles. The molecule has 0 fully saturated rings. The van der Waals surface area contributed by atoms with Crippen LogP contribution in [0, 0.1) is 0 Å². The molecule has 24 rings (SSSR count). The second-order valence-corrected chi connectivity index (χ2v) is 30.6. The Morgan fingerprint density at radius 2 is 0.483 bits per heavy atom. The summed E-state index contributed by atoms with van der Waals surface area (Å²) in [5, 5.41) is 14.4. The number of para-hydroxylation sites is 6. The first-order chi connectivity index (χ1) is 59.5. The van der Waals surface area contributed by atoms with Crippen LogP contribution in [-0.4, -0.2) is 43.2 Å². The minimum absolute atomic E-state index is 0.636. The van der Waals surface area contributed by atoms with Gasteiger partial charge in [-0.25, -0.2) is 24.9 Å². The van der Waals surface area contributed by atoms with E-state index in [4.69, 9.17) is 24.9 Å². The number of rotatable bonds is 12. The largest absolute Gasteiger partial charge is 0.309 e. The van der Waals surface area contributed by atoms with Crippen LogP contribution in [0.2, 0.25) is 0 Å². The van der Waals surface area contributed by atoms with Gasteiger partial charge in [0.15, 0.2) is 23.3 Å². The molecule has 18 aromatic carbocycles. The summed E-state index contributed by atoms with van der Waals surface area (Å²) in [5.41, 5.74) is 26.4. The normalized spacial score (nSPS) is 11.7. The van der Waals surface area contributed by atoms with Crippen molar-refractivity contribution in [2.45, 2.75) is 0 Å². The Hall–Kier alpha value is -16.2. The lowest BCUT2D eigenvalue weighted by Gasteiger charge is -2.13. The molecule has 0 N–H and O–H groups in total. The van der Waals surface area contributed by atoms with Gasteiger partial charge in [-0.05, 0) is 135 Å². The first-order valence-electron chi connectivity index (χ1n) is 40.7. The fourth-order valence-electron chi connectivity index (χ4n) is 18.2. The van der Waals surface area contributed by atoms with E-state index >= 15 is 0 Å². The summed E-state index contributed by atoms with van der Waals surface area (Å²) in [6.45, 7) is 0. The first-order valence-corrected chi connectivity index (χ1v) is 40.7. The third-order valence-corrected chi connectivity index (χ3v) is 23.7. The van der Waals surface area contributed by atoms with Gasteiger partial charge in [0.1, 0.15) is 0 Å². The van der Waals surface area contributed by atoms with Crippen LogP contribution in [-0.2, 0) is 0 Å². The van der Waals surface area contributed by atoms with Crippen molar-refractivity contribution in [1.82, 2.24) is 43.2 Å². The van der Waals surface area contributed by atoms with Gasteiger partial charge in [-0.2, -0.15) is 0 Å². The van der Waals surface area contributed by atoms with Crippen LogP contribution >= 0.6 is 0 Å². The maximum atomic E-state index is 5.23. The molecule has 560 valence electrons. The van der Waals surface area contributed by atoms with Crippen molar-refractivity contribution in [3.05, 3.63) is 431 Å². The Kier molecular flexibility index (Phi) is 16.7. The van der Waals surface area contributed by atoms with Crippen molar-refractivity contribution in [1.29, 1.82) is 0 Å². The van der Waals surface area contributed by atoms with Gasteiger partial charge < -0.3 is 18.3 Å². The summed E-state index contributed by atoms with van der Waals surface area (Å²) in [7, 11) is 0. The van der Waals surface area contributed by atoms with Gasteiger partial charge in [0, 0.05) is 99.2 Å². The van der Waals surface area contributed by atoms with E-state index < -0.39 is 0 Å². The smallest absolute Gasteiger partial charge is 0.164 e. The Labute approximate surface area is 691 Å². The molecular weight excluding hydrogens is 1460 g/mol. The van der Waals surface area contributed by atoms with Crippen molar-refractivity contribution in [3.8, 4) is 113 Å². The second kappa shape index (κ2) is 28.9. The summed E-state index contributed by atoms with van der Waals surface area (Å²) in [5.74, 6) is 2.61. The molecule has 0 unspecified atom stereocenters. The summed E-state index contributed by atoms with van der Waals surface area (Å²) in [6, 6.07) is 153. The van der Waals surface area contributed by atoms with Crippen LogP contribution in [0.5, 0.6) is 0 Å². The van der Waals surface area contributed by atoms with Gasteiger partial charge >= 0.3 is 0 Å². The summed E-state index contributed by atoms with van der Waals surface area (Å²) in [4.78, 5) is 25.7. The highest BCUT2D eigenvalue weighted by molar-refractivity contribution is 6.28. The van der Waals surface area contributed by atoms with Gasteiger partial charge in [0.2, 0.25) is 0 Å². The predicted molar refractivity (Wildman–Crippen MR) is 498 cm³/mol. The summed E-state index contributed by atoms with van der Waals surface area (Å²) in [6.07, 6.45) is 0. The van der Waals surface area contributed by atoms with Crippen LogP contribution in [0.1, 0.15) is 0 Å². The molecule has 0 aliphatic rings. The second-order valence-electron chi connectivity index (χ2n) is 30.6. The molecule has 0 atom stereocenters. The van der Waals surface area contributed by atoms with E-state index in [0.717, 1.165) is 106 Å². The fraction of sp³-hybridized carbons (Fsp3) is 0. The lowest BCUT2D eigenvalue weighted by atomic mass is 9.99. The Morgan fingerprint density at radius 1 is 0.158 bits per heavy atom. The van der Waals surface area contributed by atoms with Crippen molar-refractivity contribution in [2.24, 2.45) is 0 Å². The average molecular weight is 1530 g/mol. The minimum Gasteiger partial charge on any atom is -0.309 e. The highest BCUT2D eigenvalue weighted by Crippen LogP contribution is 2.46. The highest BCUT2D eigenvalue weighted by atomic mass is 15.0. The van der Waals surface area contributed by atoms with E-state index in [0.29, 0.717) is 23.3 Å². The van der Waals surface area contributed by atoms with Crippen LogP contribution in [0.4, 0.5) is 0 Å². The van der Waals surface area contributed by atoms with E-state index in [1.807, 2.05) is 48.5 Å². The molecule has 0 bridgehead atoms. The molecule has 0 radical (unpaired) electrons. The SMILES string of the molecule is c1ccc(-c2ccc(-c3cc(-c4cccc5cc(-n6c7ccccc7c7c6ccc6c8ccccc8n(-c8ccccc8)c67)ccc45)nc(-c4ccccc4)n3)cc2)cc1.c1ccc(-c2ccc(-c3nc(-c4ccccc4)nc(-c4cccc5cc(-n6c7ccccc7c7c6ccc6c8ccccc8n(-c8ccccc8)c67)ccc45)n3)cc2)cc1. The molecule has 0 aliphatic carbocycles. The van der Waals surface area contributed by atoms with Crippen molar-refractivity contribution < 1.29 is 0 Å². The zero-order chi connectivity index (χ0) is 79.1. The lowest BCUT2D eigenvalue weighted by molar-refractivity contribution is 1.08. The molecule has 120 heavy (non-hydrogen) atoms. The molecule has 0 saturated carbocycles. The molecule has 6 heterocycles. The van der Waals surface area contributed by atoms with Gasteiger partial charge in [0.05, 0.1) is 55.5 Å². The van der Waals surface area contributed by atoms with E-state index in [2.05, 4.69) is 400 Å². The molecule has 0 aliphatic heterocycles. The van der Waals surface area contributed by atoms with Crippen LogP contribution in [0.3, 0.4) is 0 Å². The first kappa shape index (κ1) is 69.3. The minimum atomic E-state index is 0.636. The number of benzene rings is 18. The van der Waals surface area contributed by atoms with Crippen molar-refractivity contribution in [3.63, 3.8) is 0 Å². The Morgan fingerprint density at radius 3 is 0.942 bits per heavy atom. The molecular formula is C111H71N9. The van der Waals surface area contributed by atoms with E-state index in [9.17, 15) is 0 Å².